The third kappa shape index (κ3) is 4.92. The van der Waals surface area contributed by atoms with Crippen molar-refractivity contribution >= 4 is 40.7 Å². The lowest BCUT2D eigenvalue weighted by molar-refractivity contribution is 0.200. The third-order valence-corrected chi connectivity index (χ3v) is 6.24. The molecule has 4 aromatic rings. The van der Waals surface area contributed by atoms with Crippen molar-refractivity contribution in [3.05, 3.63) is 84.2 Å². The van der Waals surface area contributed by atoms with Gasteiger partial charge in [0, 0.05) is 47.7 Å². The molecule has 2 amide bonds. The fourth-order valence-electron chi connectivity index (χ4n) is 4.41. The van der Waals surface area contributed by atoms with Gasteiger partial charge in [-0.25, -0.2) is 9.18 Å². The Morgan fingerprint density at radius 3 is 2.36 bits per heavy atom. The van der Waals surface area contributed by atoms with Crippen molar-refractivity contribution in [2.75, 3.05) is 29.9 Å². The summed E-state index contributed by atoms with van der Waals surface area (Å²) < 4.78 is 13.4. The molecule has 1 aliphatic heterocycles. The molecule has 0 aliphatic carbocycles. The number of carbonyl (C=O) groups excluding carboxylic acids is 1. The molecule has 0 unspecified atom stereocenters. The third-order valence-electron chi connectivity index (χ3n) is 6.24. The summed E-state index contributed by atoms with van der Waals surface area (Å²) in [6, 6.07) is 22.9. The van der Waals surface area contributed by atoms with Gasteiger partial charge in [-0.15, -0.1) is 22.6 Å². The molecule has 182 valence electrons. The minimum Gasteiger partial charge on any atom is -0.348 e. The molecule has 1 saturated heterocycles. The molecule has 3 aromatic carbocycles. The Bertz CT molecular complexity index is 1420. The zero-order valence-electron chi connectivity index (χ0n) is 19.6. The highest BCUT2D eigenvalue weighted by Crippen LogP contribution is 2.33. The fraction of sp³-hybridized carbons (Fsp3) is 0.185. The molecule has 1 fully saturated rings. The van der Waals surface area contributed by atoms with Crippen LogP contribution in [0.2, 0.25) is 0 Å². The van der Waals surface area contributed by atoms with Gasteiger partial charge in [-0.2, -0.15) is 5.26 Å². The average molecular weight is 503 g/mol. The number of urea groups is 1. The Hall–Kier alpha value is -4.22. The SMILES string of the molecule is C[C@H]1CN(C(=O)Nc2ccc(C#N)cc2)CCN1c1nnc(-c2ccc(F)cc2)c2ccccc12.Cl. The topological polar surface area (TPSA) is 85.2 Å². The molecule has 5 rings (SSSR count). The van der Waals surface area contributed by atoms with E-state index in [0.717, 1.165) is 22.2 Å². The van der Waals surface area contributed by atoms with Gasteiger partial charge in [0.1, 0.15) is 11.5 Å². The zero-order valence-corrected chi connectivity index (χ0v) is 20.4. The van der Waals surface area contributed by atoms with Crippen LogP contribution in [0, 0.1) is 17.1 Å². The second kappa shape index (κ2) is 10.6. The zero-order chi connectivity index (χ0) is 24.4. The van der Waals surface area contributed by atoms with E-state index in [1.165, 1.54) is 12.1 Å². The second-order valence-electron chi connectivity index (χ2n) is 8.53. The van der Waals surface area contributed by atoms with Crippen molar-refractivity contribution in [3.8, 4) is 17.3 Å². The first-order valence-electron chi connectivity index (χ1n) is 11.4. The number of rotatable bonds is 3. The van der Waals surface area contributed by atoms with E-state index in [1.807, 2.05) is 24.3 Å². The van der Waals surface area contributed by atoms with Crippen LogP contribution in [-0.4, -0.2) is 46.8 Å². The van der Waals surface area contributed by atoms with Crippen molar-refractivity contribution in [1.82, 2.24) is 15.1 Å². The molecule has 1 atom stereocenters. The lowest BCUT2D eigenvalue weighted by Gasteiger charge is -2.40. The van der Waals surface area contributed by atoms with Crippen LogP contribution in [0.5, 0.6) is 0 Å². The summed E-state index contributed by atoms with van der Waals surface area (Å²) >= 11 is 0. The van der Waals surface area contributed by atoms with Crippen LogP contribution in [0.3, 0.4) is 0 Å². The monoisotopic (exact) mass is 502 g/mol. The molecule has 1 aliphatic rings. The van der Waals surface area contributed by atoms with Crippen molar-refractivity contribution < 1.29 is 9.18 Å². The molecule has 9 heteroatoms. The van der Waals surface area contributed by atoms with E-state index in [2.05, 4.69) is 33.4 Å². The molecule has 0 bridgehead atoms. The van der Waals surface area contributed by atoms with Gasteiger partial charge in [0.05, 0.1) is 11.6 Å². The van der Waals surface area contributed by atoms with Crippen LogP contribution in [0.4, 0.5) is 20.7 Å². The van der Waals surface area contributed by atoms with Gasteiger partial charge in [0.25, 0.3) is 0 Å². The summed E-state index contributed by atoms with van der Waals surface area (Å²) in [6.45, 7) is 3.72. The van der Waals surface area contributed by atoms with E-state index in [9.17, 15) is 9.18 Å². The van der Waals surface area contributed by atoms with Crippen molar-refractivity contribution in [1.29, 1.82) is 5.26 Å². The number of nitriles is 1. The molecule has 0 radical (unpaired) electrons. The maximum absolute atomic E-state index is 13.4. The van der Waals surface area contributed by atoms with Crippen LogP contribution < -0.4 is 10.2 Å². The Morgan fingerprint density at radius 2 is 1.69 bits per heavy atom. The highest BCUT2D eigenvalue weighted by molar-refractivity contribution is 6.00. The molecule has 2 heterocycles. The summed E-state index contributed by atoms with van der Waals surface area (Å²) in [4.78, 5) is 16.8. The molecule has 1 N–H and O–H groups in total. The number of halogens is 2. The quantitative estimate of drug-likeness (QED) is 0.401. The fourth-order valence-corrected chi connectivity index (χ4v) is 4.41. The van der Waals surface area contributed by atoms with Gasteiger partial charge in [-0.1, -0.05) is 24.3 Å². The number of carbonyl (C=O) groups is 1. The molecule has 0 saturated carbocycles. The molecular weight excluding hydrogens is 479 g/mol. The van der Waals surface area contributed by atoms with E-state index >= 15 is 0 Å². The summed E-state index contributed by atoms with van der Waals surface area (Å²) in [5, 5.41) is 22.8. The van der Waals surface area contributed by atoms with Crippen LogP contribution in [0.1, 0.15) is 12.5 Å². The van der Waals surface area contributed by atoms with Crippen LogP contribution in [-0.2, 0) is 0 Å². The minimum absolute atomic E-state index is 0. The predicted molar refractivity (Wildman–Crippen MR) is 141 cm³/mol. The lowest BCUT2D eigenvalue weighted by atomic mass is 10.0. The van der Waals surface area contributed by atoms with E-state index in [-0.39, 0.29) is 30.3 Å². The highest BCUT2D eigenvalue weighted by atomic mass is 35.5. The van der Waals surface area contributed by atoms with Crippen LogP contribution in [0.25, 0.3) is 22.0 Å². The second-order valence-corrected chi connectivity index (χ2v) is 8.53. The molecule has 7 nitrogen and oxygen atoms in total. The van der Waals surface area contributed by atoms with Crippen molar-refractivity contribution in [2.24, 2.45) is 0 Å². The van der Waals surface area contributed by atoms with Crippen LogP contribution >= 0.6 is 12.4 Å². The van der Waals surface area contributed by atoms with Gasteiger partial charge in [-0.3, -0.25) is 0 Å². The van der Waals surface area contributed by atoms with Gasteiger partial charge >= 0.3 is 6.03 Å². The largest absolute Gasteiger partial charge is 0.348 e. The number of amides is 2. The number of nitrogens with zero attached hydrogens (tertiary/aromatic N) is 5. The maximum atomic E-state index is 13.4. The molecule has 1 aromatic heterocycles. The smallest absolute Gasteiger partial charge is 0.321 e. The number of piperazine rings is 1. The summed E-state index contributed by atoms with van der Waals surface area (Å²) in [5.41, 5.74) is 2.71. The number of nitrogens with one attached hydrogen (secondary N) is 1. The Kier molecular flexibility index (Phi) is 7.32. The van der Waals surface area contributed by atoms with Gasteiger partial charge < -0.3 is 15.1 Å². The number of benzene rings is 3. The molecule has 0 spiro atoms. The maximum Gasteiger partial charge on any atom is 0.321 e. The summed E-state index contributed by atoms with van der Waals surface area (Å²) in [7, 11) is 0. The lowest BCUT2D eigenvalue weighted by Crippen LogP contribution is -2.55. The number of anilines is 2. The standard InChI is InChI=1S/C27H23FN6O.ClH/c1-18-17-33(27(35)30-22-12-6-19(16-29)7-13-22)14-15-34(18)26-24-5-3-2-4-23(24)25(31-32-26)20-8-10-21(28)11-9-20;/h2-13,18H,14-15,17H2,1H3,(H,30,35);1H/t18-;/m0./s1. The molecule has 36 heavy (non-hydrogen) atoms. The van der Waals surface area contributed by atoms with Crippen molar-refractivity contribution in [2.45, 2.75) is 13.0 Å². The Labute approximate surface area is 214 Å². The van der Waals surface area contributed by atoms with E-state index in [0.29, 0.717) is 36.6 Å². The first-order valence-corrected chi connectivity index (χ1v) is 11.4. The number of fused-ring (bicyclic) bond motifs is 1. The number of aromatic nitrogens is 2. The predicted octanol–water partition coefficient (Wildman–Crippen LogP) is 5.47. The summed E-state index contributed by atoms with van der Waals surface area (Å²) in [6.07, 6.45) is 0. The highest BCUT2D eigenvalue weighted by Gasteiger charge is 2.29. The van der Waals surface area contributed by atoms with Gasteiger partial charge in [0.15, 0.2) is 5.82 Å². The first-order chi connectivity index (χ1) is 17.0. The minimum atomic E-state index is -0.294. The van der Waals surface area contributed by atoms with E-state index < -0.39 is 0 Å². The van der Waals surface area contributed by atoms with Crippen LogP contribution in [0.15, 0.2) is 72.8 Å². The van der Waals surface area contributed by atoms with Gasteiger partial charge in [-0.05, 0) is 55.5 Å². The average Bonchev–Trinajstić information content (AvgIpc) is 2.89. The van der Waals surface area contributed by atoms with Crippen molar-refractivity contribution in [3.63, 3.8) is 0 Å². The molecular formula is C27H24ClFN6O. The normalized spacial score (nSPS) is 15.2. The van der Waals surface area contributed by atoms with E-state index in [4.69, 9.17) is 5.26 Å². The van der Waals surface area contributed by atoms with E-state index in [1.54, 1.807) is 41.3 Å². The Balaban J connectivity index is 0.00000304. The van der Waals surface area contributed by atoms with Gasteiger partial charge in [0.2, 0.25) is 0 Å². The summed E-state index contributed by atoms with van der Waals surface area (Å²) in [5.74, 6) is 0.476. The Morgan fingerprint density at radius 1 is 1.00 bits per heavy atom. The number of hydrogen-bond acceptors (Lipinski definition) is 5. The number of hydrogen-bond donors (Lipinski definition) is 1. The first kappa shape index (κ1) is 24.9.